The first kappa shape index (κ1) is 18.3. The number of piperidine rings is 1. The molecule has 0 aromatic carbocycles. The summed E-state index contributed by atoms with van der Waals surface area (Å²) in [6.07, 6.45) is 2.11. The number of hydrogen-bond acceptors (Lipinski definition) is 5. The van der Waals surface area contributed by atoms with Crippen LogP contribution in [-0.2, 0) is 18.0 Å². The Morgan fingerprint density at radius 2 is 1.96 bits per heavy atom. The number of morpholine rings is 1. The molecule has 1 saturated carbocycles. The summed E-state index contributed by atoms with van der Waals surface area (Å²) < 4.78 is 47.7. The fourth-order valence-electron chi connectivity index (χ4n) is 5.32. The molecule has 1 unspecified atom stereocenters. The molecule has 4 aliphatic rings. The molecule has 0 amide bonds. The van der Waals surface area contributed by atoms with Crippen molar-refractivity contribution in [2.45, 2.75) is 61.5 Å². The lowest BCUT2D eigenvalue weighted by molar-refractivity contribution is -0.141. The van der Waals surface area contributed by atoms with E-state index < -0.39 is 11.9 Å². The quantitative estimate of drug-likeness (QED) is 0.726. The van der Waals surface area contributed by atoms with Crippen molar-refractivity contribution >= 4 is 11.9 Å². The minimum Gasteiger partial charge on any atom is -0.375 e. The van der Waals surface area contributed by atoms with Crippen LogP contribution in [0.5, 0.6) is 0 Å². The molecule has 4 fully saturated rings. The Bertz CT molecular complexity index is 708. The molecule has 2 atom stereocenters. The van der Waals surface area contributed by atoms with E-state index in [1.54, 1.807) is 7.05 Å². The molecule has 1 aromatic heterocycles. The van der Waals surface area contributed by atoms with Gasteiger partial charge in [0.15, 0.2) is 5.69 Å². The average molecular weight is 402 g/mol. The lowest BCUT2D eigenvalue weighted by atomic mass is 9.60. The number of aryl methyl sites for hydroxylation is 1. The van der Waals surface area contributed by atoms with Crippen LogP contribution >= 0.6 is 11.9 Å². The summed E-state index contributed by atoms with van der Waals surface area (Å²) >= 11 is 1.41. The standard InChI is InChI=1S/C18H25F3N4OS/c1-23-16(7-15(22-23)18(19,20)21)27-24-4-2-17(3-5-24)8-13(9-17)25-10-14-6-12(25)11-26-14/h7,12-14H,2-6,8-11H2,1H3/t12?,14-/m1/s1. The molecular formula is C18H25F3N4OS. The first-order chi connectivity index (χ1) is 12.8. The maximum absolute atomic E-state index is 12.8. The second-order valence-corrected chi connectivity index (χ2v) is 9.73. The summed E-state index contributed by atoms with van der Waals surface area (Å²) in [5.41, 5.74) is -0.361. The summed E-state index contributed by atoms with van der Waals surface area (Å²) in [6, 6.07) is 2.51. The van der Waals surface area contributed by atoms with Gasteiger partial charge in [0.1, 0.15) is 5.03 Å². The molecule has 0 N–H and O–H groups in total. The van der Waals surface area contributed by atoms with Crippen molar-refractivity contribution < 1.29 is 17.9 Å². The van der Waals surface area contributed by atoms with Gasteiger partial charge in [-0.3, -0.25) is 9.58 Å². The van der Waals surface area contributed by atoms with Crippen molar-refractivity contribution in [1.82, 2.24) is 19.0 Å². The van der Waals surface area contributed by atoms with Crippen LogP contribution in [0.3, 0.4) is 0 Å². The predicted octanol–water partition coefficient (Wildman–Crippen LogP) is 3.16. The third-order valence-corrected chi connectivity index (χ3v) is 8.07. The number of nitrogens with zero attached hydrogens (tertiary/aromatic N) is 4. The van der Waals surface area contributed by atoms with E-state index in [1.165, 1.54) is 35.9 Å². The minimum atomic E-state index is -4.39. The van der Waals surface area contributed by atoms with E-state index in [1.807, 2.05) is 0 Å². The number of hydrogen-bond donors (Lipinski definition) is 0. The topological polar surface area (TPSA) is 33.5 Å². The maximum atomic E-state index is 12.8. The number of ether oxygens (including phenoxy) is 1. The Hall–Kier alpha value is -0.770. The molecule has 5 nitrogen and oxygen atoms in total. The largest absolute Gasteiger partial charge is 0.435 e. The zero-order chi connectivity index (χ0) is 18.8. The van der Waals surface area contributed by atoms with Gasteiger partial charge < -0.3 is 4.74 Å². The Kier molecular flexibility index (Phi) is 4.31. The van der Waals surface area contributed by atoms with Crippen LogP contribution in [0.2, 0.25) is 0 Å². The van der Waals surface area contributed by atoms with Crippen molar-refractivity contribution in [2.24, 2.45) is 12.5 Å². The van der Waals surface area contributed by atoms with Gasteiger partial charge >= 0.3 is 6.18 Å². The number of halogens is 3. The smallest absolute Gasteiger partial charge is 0.375 e. The number of likely N-dealkylation sites (tertiary alicyclic amines) is 1. The van der Waals surface area contributed by atoms with Gasteiger partial charge in [-0.05, 0) is 49.5 Å². The summed E-state index contributed by atoms with van der Waals surface area (Å²) in [5, 5.41) is 4.16. The maximum Gasteiger partial charge on any atom is 0.435 e. The van der Waals surface area contributed by atoms with Crippen molar-refractivity contribution in [2.75, 3.05) is 26.2 Å². The van der Waals surface area contributed by atoms with Gasteiger partial charge in [-0.2, -0.15) is 18.3 Å². The molecular weight excluding hydrogens is 377 g/mol. The van der Waals surface area contributed by atoms with Crippen molar-refractivity contribution in [3.8, 4) is 0 Å². The molecule has 1 aromatic rings. The van der Waals surface area contributed by atoms with Crippen LogP contribution in [0.1, 0.15) is 37.8 Å². The minimum absolute atomic E-state index is 0.452. The summed E-state index contributed by atoms with van der Waals surface area (Å²) in [6.45, 7) is 3.87. The Morgan fingerprint density at radius 3 is 2.52 bits per heavy atom. The number of aromatic nitrogens is 2. The number of fused-ring (bicyclic) bond motifs is 2. The molecule has 1 aliphatic carbocycles. The fraction of sp³-hybridized carbons (Fsp3) is 0.833. The van der Waals surface area contributed by atoms with Crippen LogP contribution in [0.15, 0.2) is 11.1 Å². The van der Waals surface area contributed by atoms with Gasteiger partial charge in [0.2, 0.25) is 0 Å². The zero-order valence-corrected chi connectivity index (χ0v) is 16.2. The molecule has 0 radical (unpaired) electrons. The van der Waals surface area contributed by atoms with Crippen LogP contribution in [0.25, 0.3) is 0 Å². The van der Waals surface area contributed by atoms with Crippen molar-refractivity contribution in [1.29, 1.82) is 0 Å². The summed E-state index contributed by atoms with van der Waals surface area (Å²) in [7, 11) is 1.58. The van der Waals surface area contributed by atoms with E-state index in [0.29, 0.717) is 22.6 Å². The van der Waals surface area contributed by atoms with Gasteiger partial charge in [-0.1, -0.05) is 0 Å². The van der Waals surface area contributed by atoms with E-state index in [-0.39, 0.29) is 0 Å². The van der Waals surface area contributed by atoms with Crippen LogP contribution in [0, 0.1) is 5.41 Å². The van der Waals surface area contributed by atoms with Gasteiger partial charge in [0.25, 0.3) is 0 Å². The molecule has 9 heteroatoms. The van der Waals surface area contributed by atoms with Crippen LogP contribution in [-0.4, -0.2) is 63.4 Å². The van der Waals surface area contributed by atoms with E-state index in [9.17, 15) is 13.2 Å². The second-order valence-electron chi connectivity index (χ2n) is 8.61. The lowest BCUT2D eigenvalue weighted by Crippen LogP contribution is -2.57. The van der Waals surface area contributed by atoms with Crippen molar-refractivity contribution in [3.05, 3.63) is 11.8 Å². The molecule has 3 saturated heterocycles. The summed E-state index contributed by atoms with van der Waals surface area (Å²) in [4.78, 5) is 2.68. The van der Waals surface area contributed by atoms with E-state index >= 15 is 0 Å². The SMILES string of the molecule is Cn1nc(C(F)(F)F)cc1SN1CCC2(CC1)CC(N1C[C@H]3CC1CO3)C2. The first-order valence-electron chi connectivity index (χ1n) is 9.73. The van der Waals surface area contributed by atoms with Gasteiger partial charge in [-0.25, -0.2) is 4.31 Å². The zero-order valence-electron chi connectivity index (χ0n) is 15.4. The molecule has 5 rings (SSSR count). The van der Waals surface area contributed by atoms with E-state index in [2.05, 4.69) is 14.3 Å². The first-order valence-corrected chi connectivity index (χ1v) is 10.5. The molecule has 27 heavy (non-hydrogen) atoms. The second kappa shape index (κ2) is 6.37. The van der Waals surface area contributed by atoms with E-state index in [0.717, 1.165) is 51.2 Å². The predicted molar refractivity (Wildman–Crippen MR) is 95.2 cm³/mol. The molecule has 3 aliphatic heterocycles. The van der Waals surface area contributed by atoms with Gasteiger partial charge in [-0.15, -0.1) is 0 Å². The number of alkyl halides is 3. The average Bonchev–Trinajstić information content (AvgIpc) is 3.29. The van der Waals surface area contributed by atoms with Crippen molar-refractivity contribution in [3.63, 3.8) is 0 Å². The Balaban J connectivity index is 1.13. The highest BCUT2D eigenvalue weighted by Crippen LogP contribution is 2.53. The van der Waals surface area contributed by atoms with Crippen LogP contribution < -0.4 is 0 Å². The third-order valence-electron chi connectivity index (χ3n) is 6.88. The molecule has 1 spiro atoms. The summed E-state index contributed by atoms with van der Waals surface area (Å²) in [5.74, 6) is 0. The monoisotopic (exact) mass is 402 g/mol. The molecule has 2 bridgehead atoms. The highest BCUT2D eigenvalue weighted by Gasteiger charge is 2.52. The molecule has 150 valence electrons. The van der Waals surface area contributed by atoms with Gasteiger partial charge in [0, 0.05) is 44.8 Å². The van der Waals surface area contributed by atoms with E-state index in [4.69, 9.17) is 4.74 Å². The molecule has 4 heterocycles. The Morgan fingerprint density at radius 1 is 1.22 bits per heavy atom. The highest BCUT2D eigenvalue weighted by atomic mass is 32.2. The number of rotatable bonds is 3. The fourth-order valence-corrected chi connectivity index (χ4v) is 6.27. The van der Waals surface area contributed by atoms with Crippen LogP contribution in [0.4, 0.5) is 13.2 Å². The lowest BCUT2D eigenvalue weighted by Gasteiger charge is -2.55. The highest BCUT2D eigenvalue weighted by molar-refractivity contribution is 7.97. The Labute approximate surface area is 161 Å². The normalized spacial score (nSPS) is 31.7. The third kappa shape index (κ3) is 3.30. The van der Waals surface area contributed by atoms with Gasteiger partial charge in [0.05, 0.1) is 12.7 Å².